The Labute approximate surface area is 152 Å². The SMILES string of the molecule is Cl.NOCCOCCNC(=O)CCCC[C@@H]1SC[C@@H]2NC(=O)N[C@@H]21. The van der Waals surface area contributed by atoms with Crippen LogP contribution in [-0.2, 0) is 14.4 Å². The first-order valence-corrected chi connectivity index (χ1v) is 9.10. The average molecular weight is 383 g/mol. The van der Waals surface area contributed by atoms with Crippen molar-refractivity contribution in [3.8, 4) is 0 Å². The minimum Gasteiger partial charge on any atom is -0.377 e. The van der Waals surface area contributed by atoms with Crippen LogP contribution in [0.5, 0.6) is 0 Å². The highest BCUT2D eigenvalue weighted by Gasteiger charge is 2.42. The molecule has 3 atom stereocenters. The number of halogens is 1. The fourth-order valence-electron chi connectivity index (χ4n) is 2.83. The Morgan fingerprint density at radius 3 is 2.92 bits per heavy atom. The first-order chi connectivity index (χ1) is 11.2. The lowest BCUT2D eigenvalue weighted by Crippen LogP contribution is -2.36. The van der Waals surface area contributed by atoms with E-state index >= 15 is 0 Å². The number of carbonyl (C=O) groups is 2. The number of thioether (sulfide) groups is 1. The van der Waals surface area contributed by atoms with Crippen molar-refractivity contribution in [3.05, 3.63) is 0 Å². The zero-order valence-electron chi connectivity index (χ0n) is 13.6. The minimum atomic E-state index is -0.0510. The molecule has 0 aliphatic carbocycles. The fraction of sp³-hybridized carbons (Fsp3) is 0.857. The second-order valence-electron chi connectivity index (χ2n) is 5.70. The first kappa shape index (κ1) is 21.3. The first-order valence-electron chi connectivity index (χ1n) is 8.05. The number of amides is 3. The van der Waals surface area contributed by atoms with E-state index in [4.69, 9.17) is 10.6 Å². The van der Waals surface area contributed by atoms with E-state index in [2.05, 4.69) is 20.8 Å². The third kappa shape index (κ3) is 7.02. The molecule has 0 unspecified atom stereocenters. The molecule has 2 heterocycles. The maximum absolute atomic E-state index is 11.7. The van der Waals surface area contributed by atoms with E-state index in [0.29, 0.717) is 38.0 Å². The maximum Gasteiger partial charge on any atom is 0.315 e. The van der Waals surface area contributed by atoms with Crippen molar-refractivity contribution in [1.29, 1.82) is 0 Å². The Bertz CT molecular complexity index is 405. The van der Waals surface area contributed by atoms with E-state index in [1.165, 1.54) is 0 Å². The summed E-state index contributed by atoms with van der Waals surface area (Å²) in [7, 11) is 0. The molecule has 0 aromatic carbocycles. The number of carbonyl (C=O) groups excluding carboxylic acids is 2. The molecule has 5 N–H and O–H groups in total. The van der Waals surface area contributed by atoms with Crippen LogP contribution in [0.15, 0.2) is 0 Å². The molecule has 10 heteroatoms. The molecule has 0 aromatic heterocycles. The number of nitrogens with one attached hydrogen (secondary N) is 3. The van der Waals surface area contributed by atoms with Crippen LogP contribution in [0.1, 0.15) is 25.7 Å². The van der Waals surface area contributed by atoms with Gasteiger partial charge in [-0.2, -0.15) is 11.8 Å². The van der Waals surface area contributed by atoms with Gasteiger partial charge in [-0.1, -0.05) is 6.42 Å². The number of fused-ring (bicyclic) bond motifs is 1. The quantitative estimate of drug-likeness (QED) is 0.230. The topological polar surface area (TPSA) is 115 Å². The molecular weight excluding hydrogens is 356 g/mol. The van der Waals surface area contributed by atoms with Gasteiger partial charge in [0.2, 0.25) is 5.91 Å². The monoisotopic (exact) mass is 382 g/mol. The number of unbranched alkanes of at least 4 members (excludes halogenated alkanes) is 1. The van der Waals surface area contributed by atoms with E-state index in [1.807, 2.05) is 11.8 Å². The maximum atomic E-state index is 11.7. The van der Waals surface area contributed by atoms with Gasteiger partial charge in [0.1, 0.15) is 0 Å². The number of hydrogen-bond acceptors (Lipinski definition) is 6. The Morgan fingerprint density at radius 2 is 2.12 bits per heavy atom. The minimum absolute atomic E-state index is 0. The van der Waals surface area contributed by atoms with Crippen molar-refractivity contribution < 1.29 is 19.2 Å². The Kier molecular flexibility index (Phi) is 10.4. The normalized spacial score (nSPS) is 24.7. The largest absolute Gasteiger partial charge is 0.377 e. The average Bonchev–Trinajstić information content (AvgIpc) is 3.07. The van der Waals surface area contributed by atoms with Crippen LogP contribution < -0.4 is 21.8 Å². The van der Waals surface area contributed by atoms with Gasteiger partial charge in [-0.25, -0.2) is 10.7 Å². The second-order valence-corrected chi connectivity index (χ2v) is 6.97. The van der Waals surface area contributed by atoms with Gasteiger partial charge < -0.3 is 25.5 Å². The molecule has 2 saturated heterocycles. The summed E-state index contributed by atoms with van der Waals surface area (Å²) >= 11 is 1.91. The predicted octanol–water partition coefficient (Wildman–Crippen LogP) is 0.157. The zero-order chi connectivity index (χ0) is 16.5. The highest BCUT2D eigenvalue weighted by Crippen LogP contribution is 2.33. The summed E-state index contributed by atoms with van der Waals surface area (Å²) in [5, 5.41) is 9.20. The molecule has 0 radical (unpaired) electrons. The van der Waals surface area contributed by atoms with Crippen molar-refractivity contribution in [2.24, 2.45) is 5.90 Å². The van der Waals surface area contributed by atoms with Gasteiger partial charge >= 0.3 is 6.03 Å². The second kappa shape index (κ2) is 11.8. The van der Waals surface area contributed by atoms with E-state index in [1.54, 1.807) is 0 Å². The van der Waals surface area contributed by atoms with Crippen LogP contribution in [0.25, 0.3) is 0 Å². The zero-order valence-corrected chi connectivity index (χ0v) is 15.3. The number of urea groups is 1. The van der Waals surface area contributed by atoms with Crippen LogP contribution in [0.2, 0.25) is 0 Å². The van der Waals surface area contributed by atoms with E-state index in [0.717, 1.165) is 25.0 Å². The predicted molar refractivity (Wildman–Crippen MR) is 95.2 cm³/mol. The van der Waals surface area contributed by atoms with Crippen molar-refractivity contribution in [1.82, 2.24) is 16.0 Å². The van der Waals surface area contributed by atoms with Crippen LogP contribution in [0.3, 0.4) is 0 Å². The van der Waals surface area contributed by atoms with Gasteiger partial charge in [0, 0.05) is 24.0 Å². The molecule has 3 amide bonds. The van der Waals surface area contributed by atoms with Gasteiger partial charge in [-0.05, 0) is 12.8 Å². The molecule has 0 aromatic rings. The van der Waals surface area contributed by atoms with Crippen molar-refractivity contribution in [2.75, 3.05) is 32.1 Å². The van der Waals surface area contributed by atoms with Crippen molar-refractivity contribution >= 4 is 36.1 Å². The van der Waals surface area contributed by atoms with Crippen molar-refractivity contribution in [3.63, 3.8) is 0 Å². The van der Waals surface area contributed by atoms with E-state index < -0.39 is 0 Å². The lowest BCUT2D eigenvalue weighted by molar-refractivity contribution is -0.121. The molecular formula is C14H27ClN4O4S. The van der Waals surface area contributed by atoms with Gasteiger partial charge in [-0.3, -0.25) is 4.79 Å². The molecule has 0 spiro atoms. The number of ether oxygens (including phenoxy) is 1. The highest BCUT2D eigenvalue weighted by molar-refractivity contribution is 8.00. The molecule has 2 rings (SSSR count). The summed E-state index contributed by atoms with van der Waals surface area (Å²) in [6, 6.07) is 0.464. The molecule has 8 nitrogen and oxygen atoms in total. The standard InChI is InChI=1S/C14H26N4O4S.ClH/c15-22-8-7-21-6-5-16-12(19)4-2-1-3-11-13-10(9-23-11)17-14(20)18-13;/h10-11,13H,1-9,15H2,(H,16,19)(H2,17,18,20);1H/t10-,11-,13-;/m0./s1. The molecule has 2 aliphatic rings. The Hall–Kier alpha value is -0.740. The molecule has 24 heavy (non-hydrogen) atoms. The fourth-order valence-corrected chi connectivity index (χ4v) is 4.38. The lowest BCUT2D eigenvalue weighted by atomic mass is 10.0. The Balaban J connectivity index is 0.00000288. The van der Waals surface area contributed by atoms with Crippen molar-refractivity contribution in [2.45, 2.75) is 43.0 Å². The molecule has 2 fully saturated rings. The van der Waals surface area contributed by atoms with Gasteiger partial charge in [0.15, 0.2) is 0 Å². The highest BCUT2D eigenvalue weighted by atomic mass is 35.5. The smallest absolute Gasteiger partial charge is 0.315 e. The number of nitrogens with two attached hydrogens (primary N) is 1. The van der Waals surface area contributed by atoms with Crippen LogP contribution in [-0.4, -0.2) is 61.4 Å². The third-order valence-corrected chi connectivity index (χ3v) is 5.50. The Morgan fingerprint density at radius 1 is 1.29 bits per heavy atom. The summed E-state index contributed by atoms with van der Waals surface area (Å²) < 4.78 is 5.20. The number of hydrogen-bond donors (Lipinski definition) is 4. The number of rotatable bonds is 11. The summed E-state index contributed by atoms with van der Waals surface area (Å²) in [6.45, 7) is 1.75. The summed E-state index contributed by atoms with van der Waals surface area (Å²) in [4.78, 5) is 27.3. The molecule has 0 bridgehead atoms. The lowest BCUT2D eigenvalue weighted by Gasteiger charge is -2.16. The van der Waals surface area contributed by atoms with Crippen LogP contribution >= 0.6 is 24.2 Å². The molecule has 0 saturated carbocycles. The molecule has 2 aliphatic heterocycles. The molecule has 140 valence electrons. The summed E-state index contributed by atoms with van der Waals surface area (Å²) in [5.41, 5.74) is 0. The van der Waals surface area contributed by atoms with Gasteiger partial charge in [0.25, 0.3) is 0 Å². The van der Waals surface area contributed by atoms with Crippen LogP contribution in [0, 0.1) is 0 Å². The van der Waals surface area contributed by atoms with Crippen LogP contribution in [0.4, 0.5) is 4.79 Å². The van der Waals surface area contributed by atoms with Gasteiger partial charge in [-0.15, -0.1) is 12.4 Å². The third-order valence-electron chi connectivity index (χ3n) is 3.99. The van der Waals surface area contributed by atoms with E-state index in [-0.39, 0.29) is 36.4 Å². The van der Waals surface area contributed by atoms with Gasteiger partial charge in [0.05, 0.1) is 31.9 Å². The summed E-state index contributed by atoms with van der Waals surface area (Å²) in [6.07, 6.45) is 3.42. The summed E-state index contributed by atoms with van der Waals surface area (Å²) in [5.74, 6) is 5.89. The van der Waals surface area contributed by atoms with E-state index in [9.17, 15) is 9.59 Å².